The fourth-order valence-electron chi connectivity index (χ4n) is 4.97. The standard InChI is InChI=1S/C36H32FN3O2.C2HF3O2/c37-31-18-15-26(16-19-31)17-20-35(41)40(25-30-11-6-9-28-8-1-2-12-32(28)30)24-27-7-5-10-29(23-27)33-13-3-4-14-34(33)36(42)39-22-21-38;3-2(4,5)1(6)7/h1-20,23H,21-22,24-25,38H2,(H,39,42);(H,6,7)/b20-17+;. The Hall–Kier alpha value is -5.81. The number of amides is 2. The number of fused-ring (bicyclic) bond motifs is 1. The summed E-state index contributed by atoms with van der Waals surface area (Å²) in [6.45, 7) is 1.50. The second-order valence-corrected chi connectivity index (χ2v) is 10.8. The summed E-state index contributed by atoms with van der Waals surface area (Å²) in [4.78, 5) is 37.1. The lowest BCUT2D eigenvalue weighted by Crippen LogP contribution is -2.29. The Morgan fingerprint density at radius 1 is 0.816 bits per heavy atom. The number of benzene rings is 5. The number of hydrogen-bond acceptors (Lipinski definition) is 4. The lowest BCUT2D eigenvalue weighted by atomic mass is 9.97. The molecule has 0 saturated carbocycles. The van der Waals surface area contributed by atoms with Crippen molar-refractivity contribution in [1.29, 1.82) is 0 Å². The second-order valence-electron chi connectivity index (χ2n) is 10.8. The summed E-state index contributed by atoms with van der Waals surface area (Å²) in [5.41, 5.74) is 10.5. The van der Waals surface area contributed by atoms with Crippen LogP contribution in [0.4, 0.5) is 17.6 Å². The maximum atomic E-state index is 13.6. The van der Waals surface area contributed by atoms with Gasteiger partial charge in [-0.15, -0.1) is 0 Å². The Labute approximate surface area is 280 Å². The summed E-state index contributed by atoms with van der Waals surface area (Å²) >= 11 is 0. The van der Waals surface area contributed by atoms with Gasteiger partial charge in [0.2, 0.25) is 5.91 Å². The number of carboxylic acids is 1. The van der Waals surface area contributed by atoms with Crippen LogP contribution in [0.3, 0.4) is 0 Å². The predicted molar refractivity (Wildman–Crippen MR) is 181 cm³/mol. The normalized spacial score (nSPS) is 11.1. The Morgan fingerprint density at radius 2 is 1.47 bits per heavy atom. The fraction of sp³-hybridized carbons (Fsp3) is 0.132. The lowest BCUT2D eigenvalue weighted by Gasteiger charge is -2.23. The van der Waals surface area contributed by atoms with Crippen molar-refractivity contribution in [3.05, 3.63) is 149 Å². The number of nitrogens with one attached hydrogen (secondary N) is 1. The average Bonchev–Trinajstić information content (AvgIpc) is 3.10. The van der Waals surface area contributed by atoms with Crippen LogP contribution in [-0.2, 0) is 22.7 Å². The third-order valence-electron chi connectivity index (χ3n) is 7.30. The maximum absolute atomic E-state index is 13.6. The molecule has 0 radical (unpaired) electrons. The highest BCUT2D eigenvalue weighted by Gasteiger charge is 2.38. The number of alkyl halides is 3. The second kappa shape index (κ2) is 16.8. The summed E-state index contributed by atoms with van der Waals surface area (Å²) < 4.78 is 45.1. The number of nitrogens with two attached hydrogens (primary N) is 1. The summed E-state index contributed by atoms with van der Waals surface area (Å²) in [6.07, 6.45) is -1.86. The Morgan fingerprint density at radius 3 is 2.18 bits per heavy atom. The summed E-state index contributed by atoms with van der Waals surface area (Å²) in [7, 11) is 0. The molecule has 5 aromatic carbocycles. The summed E-state index contributed by atoms with van der Waals surface area (Å²) in [5, 5.41) is 12.2. The first-order valence-electron chi connectivity index (χ1n) is 15.1. The molecule has 5 rings (SSSR count). The van der Waals surface area contributed by atoms with Gasteiger partial charge in [-0.05, 0) is 68.9 Å². The monoisotopic (exact) mass is 671 g/mol. The van der Waals surface area contributed by atoms with Gasteiger partial charge in [0.1, 0.15) is 5.82 Å². The van der Waals surface area contributed by atoms with E-state index in [0.29, 0.717) is 31.7 Å². The number of rotatable bonds is 10. The number of aliphatic carboxylic acids is 1. The van der Waals surface area contributed by atoms with E-state index in [9.17, 15) is 27.2 Å². The van der Waals surface area contributed by atoms with Gasteiger partial charge < -0.3 is 21.1 Å². The SMILES string of the molecule is NCCNC(=O)c1ccccc1-c1cccc(CN(Cc2cccc3ccccc23)C(=O)/C=C/c2ccc(F)cc2)c1.O=C(O)C(F)(F)F. The zero-order valence-electron chi connectivity index (χ0n) is 26.2. The Kier molecular flexibility index (Phi) is 12.4. The van der Waals surface area contributed by atoms with E-state index in [1.54, 1.807) is 29.2 Å². The molecule has 0 bridgehead atoms. The molecule has 7 nitrogen and oxygen atoms in total. The number of carbonyl (C=O) groups excluding carboxylic acids is 2. The van der Waals surface area contributed by atoms with Crippen LogP contribution in [-0.4, -0.2) is 47.1 Å². The number of nitrogens with zero attached hydrogens (tertiary/aromatic N) is 1. The molecule has 0 heterocycles. The number of carboxylic acid groups (broad SMARTS) is 1. The molecule has 0 fully saturated rings. The molecule has 4 N–H and O–H groups in total. The van der Waals surface area contributed by atoms with Crippen LogP contribution in [0.25, 0.3) is 28.0 Å². The van der Waals surface area contributed by atoms with E-state index >= 15 is 0 Å². The van der Waals surface area contributed by atoms with Crippen LogP contribution in [0.5, 0.6) is 0 Å². The van der Waals surface area contributed by atoms with Gasteiger partial charge in [-0.3, -0.25) is 9.59 Å². The van der Waals surface area contributed by atoms with Gasteiger partial charge in [0.15, 0.2) is 0 Å². The zero-order chi connectivity index (χ0) is 35.4. The van der Waals surface area contributed by atoms with E-state index in [1.807, 2.05) is 66.7 Å². The molecule has 252 valence electrons. The van der Waals surface area contributed by atoms with E-state index in [-0.39, 0.29) is 17.6 Å². The third kappa shape index (κ3) is 10.3. The minimum Gasteiger partial charge on any atom is -0.475 e. The number of hydrogen-bond donors (Lipinski definition) is 3. The van der Waals surface area contributed by atoms with Gasteiger partial charge in [-0.2, -0.15) is 13.2 Å². The van der Waals surface area contributed by atoms with Gasteiger partial charge >= 0.3 is 12.1 Å². The highest BCUT2D eigenvalue weighted by molar-refractivity contribution is 6.01. The van der Waals surface area contributed by atoms with Crippen LogP contribution in [0.2, 0.25) is 0 Å². The van der Waals surface area contributed by atoms with Gasteiger partial charge in [-0.25, -0.2) is 9.18 Å². The van der Waals surface area contributed by atoms with Crippen molar-refractivity contribution < 1.29 is 37.1 Å². The third-order valence-corrected chi connectivity index (χ3v) is 7.30. The van der Waals surface area contributed by atoms with Crippen molar-refractivity contribution in [3.63, 3.8) is 0 Å². The Balaban J connectivity index is 0.000000698. The van der Waals surface area contributed by atoms with Crippen LogP contribution in [0.15, 0.2) is 121 Å². The van der Waals surface area contributed by atoms with Crippen molar-refractivity contribution in [3.8, 4) is 11.1 Å². The maximum Gasteiger partial charge on any atom is 0.490 e. The van der Waals surface area contributed by atoms with E-state index in [4.69, 9.17) is 15.6 Å². The van der Waals surface area contributed by atoms with Crippen LogP contribution in [0, 0.1) is 5.82 Å². The van der Waals surface area contributed by atoms with Crippen molar-refractivity contribution in [2.24, 2.45) is 5.73 Å². The van der Waals surface area contributed by atoms with E-state index in [0.717, 1.165) is 38.6 Å². The minimum atomic E-state index is -5.08. The van der Waals surface area contributed by atoms with E-state index in [1.165, 1.54) is 18.2 Å². The van der Waals surface area contributed by atoms with E-state index in [2.05, 4.69) is 23.5 Å². The van der Waals surface area contributed by atoms with Crippen LogP contribution in [0.1, 0.15) is 27.0 Å². The molecule has 0 atom stereocenters. The van der Waals surface area contributed by atoms with Crippen molar-refractivity contribution in [1.82, 2.24) is 10.2 Å². The average molecular weight is 672 g/mol. The van der Waals surface area contributed by atoms with Crippen molar-refractivity contribution in [2.75, 3.05) is 13.1 Å². The number of halogens is 4. The number of carbonyl (C=O) groups is 3. The molecule has 0 aromatic heterocycles. The Bertz CT molecular complexity index is 1940. The molecule has 0 aliphatic carbocycles. The highest BCUT2D eigenvalue weighted by Crippen LogP contribution is 2.26. The first-order chi connectivity index (χ1) is 23.5. The smallest absolute Gasteiger partial charge is 0.475 e. The summed E-state index contributed by atoms with van der Waals surface area (Å²) in [6, 6.07) is 35.6. The zero-order valence-corrected chi connectivity index (χ0v) is 26.2. The van der Waals surface area contributed by atoms with E-state index < -0.39 is 12.1 Å². The molecular formula is C38H33F4N3O4. The molecule has 0 aliphatic rings. The van der Waals surface area contributed by atoms with Crippen LogP contribution >= 0.6 is 0 Å². The summed E-state index contributed by atoms with van der Waals surface area (Å²) in [5.74, 6) is -3.43. The first-order valence-corrected chi connectivity index (χ1v) is 15.1. The van der Waals surface area contributed by atoms with Crippen LogP contribution < -0.4 is 11.1 Å². The highest BCUT2D eigenvalue weighted by atomic mass is 19.4. The molecular weight excluding hydrogens is 638 g/mol. The first kappa shape index (κ1) is 36.0. The largest absolute Gasteiger partial charge is 0.490 e. The fourth-order valence-corrected chi connectivity index (χ4v) is 4.97. The lowest BCUT2D eigenvalue weighted by molar-refractivity contribution is -0.192. The molecule has 0 saturated heterocycles. The predicted octanol–water partition coefficient (Wildman–Crippen LogP) is 7.21. The molecule has 0 unspecified atom stereocenters. The van der Waals surface area contributed by atoms with Crippen molar-refractivity contribution >= 4 is 34.6 Å². The molecule has 0 aliphatic heterocycles. The minimum absolute atomic E-state index is 0.167. The van der Waals surface area contributed by atoms with Gasteiger partial charge in [0, 0.05) is 37.8 Å². The van der Waals surface area contributed by atoms with Gasteiger partial charge in [-0.1, -0.05) is 91.0 Å². The molecule has 5 aromatic rings. The van der Waals surface area contributed by atoms with Crippen molar-refractivity contribution in [2.45, 2.75) is 19.3 Å². The molecule has 11 heteroatoms. The quantitative estimate of drug-likeness (QED) is 0.107. The topological polar surface area (TPSA) is 113 Å². The molecule has 49 heavy (non-hydrogen) atoms. The van der Waals surface area contributed by atoms with Gasteiger partial charge in [0.25, 0.3) is 5.91 Å². The molecule has 0 spiro atoms. The molecule has 2 amide bonds. The van der Waals surface area contributed by atoms with Gasteiger partial charge in [0.05, 0.1) is 0 Å².